The number of carbonyl (C=O) groups excluding carboxylic acids is 1. The number of aliphatic hydroxyl groups is 1. The maximum atomic E-state index is 11.8. The molecule has 22 heavy (non-hydrogen) atoms. The van der Waals surface area contributed by atoms with Crippen LogP contribution in [0.3, 0.4) is 0 Å². The van der Waals surface area contributed by atoms with Crippen LogP contribution in [0.25, 0.3) is 0 Å². The molecule has 0 radical (unpaired) electrons. The molecular weight excluding hydrogens is 323 g/mol. The van der Waals surface area contributed by atoms with Crippen molar-refractivity contribution in [2.75, 3.05) is 11.9 Å². The normalized spacial score (nSPS) is 16.4. The third-order valence-corrected chi connectivity index (χ3v) is 4.45. The predicted octanol–water partition coefficient (Wildman–Crippen LogP) is 3.36. The van der Waals surface area contributed by atoms with Crippen molar-refractivity contribution in [1.29, 1.82) is 0 Å². The maximum Gasteiger partial charge on any atom is 0.254 e. The fourth-order valence-electron chi connectivity index (χ4n) is 2.51. The summed E-state index contributed by atoms with van der Waals surface area (Å²) in [5.41, 5.74) is 2.76. The van der Waals surface area contributed by atoms with E-state index in [0.717, 1.165) is 11.3 Å². The number of aliphatic hydroxyl groups excluding tert-OH is 1. The van der Waals surface area contributed by atoms with Crippen molar-refractivity contribution in [2.45, 2.75) is 12.8 Å². The molecule has 1 atom stereocenters. The van der Waals surface area contributed by atoms with Gasteiger partial charge in [0, 0.05) is 46.0 Å². The zero-order chi connectivity index (χ0) is 15.9. The molecule has 2 aromatic carbocycles. The molecular formula is C16H14Cl2N2O2. The SMILES string of the molecule is CN(Cc1c(Cl)cccc1Cl)c1ccc2c(c1)C(=O)NC2O. The van der Waals surface area contributed by atoms with Crippen LogP contribution in [0.1, 0.15) is 27.7 Å². The largest absolute Gasteiger partial charge is 0.370 e. The molecule has 0 aromatic heterocycles. The molecule has 0 aliphatic carbocycles. The molecule has 1 amide bonds. The number of amides is 1. The Kier molecular flexibility index (Phi) is 4.00. The fourth-order valence-corrected chi connectivity index (χ4v) is 3.03. The molecule has 0 bridgehead atoms. The maximum absolute atomic E-state index is 11.8. The minimum Gasteiger partial charge on any atom is -0.370 e. The number of halogens is 2. The van der Waals surface area contributed by atoms with Gasteiger partial charge in [0.15, 0.2) is 6.23 Å². The van der Waals surface area contributed by atoms with E-state index in [9.17, 15) is 9.90 Å². The van der Waals surface area contributed by atoms with Gasteiger partial charge in [0.05, 0.1) is 0 Å². The number of nitrogens with zero attached hydrogens (tertiary/aromatic N) is 1. The number of nitrogens with one attached hydrogen (secondary N) is 1. The first-order valence-corrected chi connectivity index (χ1v) is 7.50. The van der Waals surface area contributed by atoms with Crippen LogP contribution in [-0.4, -0.2) is 18.1 Å². The van der Waals surface area contributed by atoms with Gasteiger partial charge in [0.2, 0.25) is 0 Å². The number of anilines is 1. The van der Waals surface area contributed by atoms with E-state index in [1.165, 1.54) is 0 Å². The smallest absolute Gasteiger partial charge is 0.254 e. The molecule has 0 spiro atoms. The second kappa shape index (κ2) is 5.80. The molecule has 0 saturated carbocycles. The van der Waals surface area contributed by atoms with E-state index < -0.39 is 6.23 Å². The van der Waals surface area contributed by atoms with Crippen LogP contribution in [0.4, 0.5) is 5.69 Å². The third-order valence-electron chi connectivity index (χ3n) is 3.74. The van der Waals surface area contributed by atoms with Crippen molar-refractivity contribution >= 4 is 34.8 Å². The van der Waals surface area contributed by atoms with Crippen molar-refractivity contribution < 1.29 is 9.90 Å². The predicted molar refractivity (Wildman–Crippen MR) is 87.4 cm³/mol. The number of hydrogen-bond acceptors (Lipinski definition) is 3. The Morgan fingerprint density at radius 2 is 1.91 bits per heavy atom. The monoisotopic (exact) mass is 336 g/mol. The van der Waals surface area contributed by atoms with Crippen LogP contribution in [-0.2, 0) is 6.54 Å². The Labute approximate surface area is 138 Å². The summed E-state index contributed by atoms with van der Waals surface area (Å²) in [6.45, 7) is 0.515. The van der Waals surface area contributed by atoms with Crippen LogP contribution >= 0.6 is 23.2 Å². The van der Waals surface area contributed by atoms with E-state index in [1.807, 2.05) is 18.0 Å². The highest BCUT2D eigenvalue weighted by Gasteiger charge is 2.27. The standard InChI is InChI=1S/C16H14Cl2N2O2/c1-20(8-12-13(17)3-2-4-14(12)18)9-5-6-10-11(7-9)16(22)19-15(10)21/h2-7,15,21H,8H2,1H3,(H,19,22). The lowest BCUT2D eigenvalue weighted by molar-refractivity contribution is 0.0850. The molecule has 6 heteroatoms. The average Bonchev–Trinajstić information content (AvgIpc) is 2.77. The molecule has 1 unspecified atom stereocenters. The second-order valence-corrected chi connectivity index (χ2v) is 6.02. The Morgan fingerprint density at radius 1 is 1.23 bits per heavy atom. The summed E-state index contributed by atoms with van der Waals surface area (Å²) < 4.78 is 0. The highest BCUT2D eigenvalue weighted by Crippen LogP contribution is 2.30. The lowest BCUT2D eigenvalue weighted by atomic mass is 10.1. The average molecular weight is 337 g/mol. The second-order valence-electron chi connectivity index (χ2n) is 5.20. The number of benzene rings is 2. The lowest BCUT2D eigenvalue weighted by Gasteiger charge is -2.21. The molecule has 2 N–H and O–H groups in total. The Bertz CT molecular complexity index is 729. The van der Waals surface area contributed by atoms with E-state index in [2.05, 4.69) is 5.32 Å². The number of carbonyl (C=O) groups is 1. The van der Waals surface area contributed by atoms with Crippen LogP contribution < -0.4 is 10.2 Å². The minimum absolute atomic E-state index is 0.270. The molecule has 0 saturated heterocycles. The lowest BCUT2D eigenvalue weighted by Crippen LogP contribution is -2.18. The quantitative estimate of drug-likeness (QED) is 0.903. The van der Waals surface area contributed by atoms with Crippen molar-refractivity contribution in [1.82, 2.24) is 5.32 Å². The highest BCUT2D eigenvalue weighted by molar-refractivity contribution is 6.36. The summed E-state index contributed by atoms with van der Waals surface area (Å²) in [5.74, 6) is -0.270. The van der Waals surface area contributed by atoms with E-state index in [0.29, 0.717) is 27.7 Å². The first-order valence-electron chi connectivity index (χ1n) is 6.74. The highest BCUT2D eigenvalue weighted by atomic mass is 35.5. The van der Waals surface area contributed by atoms with Gasteiger partial charge in [0.1, 0.15) is 0 Å². The molecule has 1 aliphatic heterocycles. The Hall–Kier alpha value is -1.75. The van der Waals surface area contributed by atoms with Crippen molar-refractivity contribution in [3.8, 4) is 0 Å². The Morgan fingerprint density at radius 3 is 2.59 bits per heavy atom. The molecule has 1 aliphatic rings. The van der Waals surface area contributed by atoms with Gasteiger partial charge in [-0.05, 0) is 24.3 Å². The summed E-state index contributed by atoms with van der Waals surface area (Å²) in [4.78, 5) is 13.7. The molecule has 4 nitrogen and oxygen atoms in total. The summed E-state index contributed by atoms with van der Waals surface area (Å²) >= 11 is 12.4. The van der Waals surface area contributed by atoms with Crippen LogP contribution in [0.5, 0.6) is 0 Å². The molecule has 3 rings (SSSR count). The molecule has 114 valence electrons. The minimum atomic E-state index is -0.931. The van der Waals surface area contributed by atoms with Gasteiger partial charge in [-0.2, -0.15) is 0 Å². The Balaban J connectivity index is 1.89. The molecule has 0 fully saturated rings. The van der Waals surface area contributed by atoms with E-state index >= 15 is 0 Å². The van der Waals surface area contributed by atoms with Crippen molar-refractivity contribution in [3.05, 3.63) is 63.1 Å². The van der Waals surface area contributed by atoms with Gasteiger partial charge in [0.25, 0.3) is 5.91 Å². The van der Waals surface area contributed by atoms with Gasteiger partial charge in [-0.15, -0.1) is 0 Å². The van der Waals surface area contributed by atoms with Gasteiger partial charge in [-0.3, -0.25) is 4.79 Å². The topological polar surface area (TPSA) is 52.6 Å². The van der Waals surface area contributed by atoms with E-state index in [-0.39, 0.29) is 5.91 Å². The van der Waals surface area contributed by atoms with Crippen molar-refractivity contribution in [2.24, 2.45) is 0 Å². The van der Waals surface area contributed by atoms with E-state index in [4.69, 9.17) is 23.2 Å². The van der Waals surface area contributed by atoms with Gasteiger partial charge < -0.3 is 15.3 Å². The van der Waals surface area contributed by atoms with Gasteiger partial charge in [-0.25, -0.2) is 0 Å². The van der Waals surface area contributed by atoms with Gasteiger partial charge >= 0.3 is 0 Å². The number of hydrogen-bond donors (Lipinski definition) is 2. The van der Waals surface area contributed by atoms with Crippen LogP contribution in [0, 0.1) is 0 Å². The number of fused-ring (bicyclic) bond motifs is 1. The third kappa shape index (κ3) is 2.65. The zero-order valence-electron chi connectivity index (χ0n) is 11.8. The number of rotatable bonds is 3. The first-order chi connectivity index (χ1) is 10.5. The van der Waals surface area contributed by atoms with E-state index in [1.54, 1.807) is 30.3 Å². The van der Waals surface area contributed by atoms with Crippen LogP contribution in [0.2, 0.25) is 10.0 Å². The first kappa shape index (κ1) is 15.2. The molecule has 1 heterocycles. The van der Waals surface area contributed by atoms with Crippen LogP contribution in [0.15, 0.2) is 36.4 Å². The summed E-state index contributed by atoms with van der Waals surface area (Å²) in [5, 5.41) is 13.4. The summed E-state index contributed by atoms with van der Waals surface area (Å²) in [7, 11) is 1.89. The summed E-state index contributed by atoms with van der Waals surface area (Å²) in [6.07, 6.45) is -0.931. The summed E-state index contributed by atoms with van der Waals surface area (Å²) in [6, 6.07) is 10.7. The molecule has 2 aromatic rings. The van der Waals surface area contributed by atoms with Gasteiger partial charge in [-0.1, -0.05) is 35.3 Å². The zero-order valence-corrected chi connectivity index (χ0v) is 13.3. The fraction of sp³-hybridized carbons (Fsp3) is 0.188. The van der Waals surface area contributed by atoms with Crippen molar-refractivity contribution in [3.63, 3.8) is 0 Å².